The smallest absolute Gasteiger partial charge is 0.195 e. The molecule has 0 amide bonds. The van der Waals surface area contributed by atoms with Gasteiger partial charge in [0, 0.05) is 13.1 Å². The van der Waals surface area contributed by atoms with Crippen molar-refractivity contribution in [3.63, 3.8) is 0 Å². The Morgan fingerprint density at radius 3 is 2.52 bits per heavy atom. The van der Waals surface area contributed by atoms with Crippen LogP contribution in [0.4, 0.5) is 13.2 Å². The van der Waals surface area contributed by atoms with Crippen molar-refractivity contribution in [2.45, 2.75) is 6.54 Å². The van der Waals surface area contributed by atoms with Crippen LogP contribution >= 0.6 is 0 Å². The van der Waals surface area contributed by atoms with Gasteiger partial charge in [-0.05, 0) is 24.3 Å². The lowest BCUT2D eigenvalue weighted by Gasteiger charge is -2.09. The van der Waals surface area contributed by atoms with Gasteiger partial charge in [-0.2, -0.15) is 0 Å². The van der Waals surface area contributed by atoms with E-state index in [2.05, 4.69) is 4.98 Å². The van der Waals surface area contributed by atoms with Gasteiger partial charge in [-0.1, -0.05) is 12.1 Å². The van der Waals surface area contributed by atoms with Crippen LogP contribution in [0.1, 0.15) is 0 Å². The first-order chi connectivity index (χ1) is 10.1. The molecule has 1 heterocycles. The molecule has 0 radical (unpaired) electrons. The molecule has 0 aliphatic rings. The van der Waals surface area contributed by atoms with Crippen molar-refractivity contribution in [1.29, 1.82) is 0 Å². The lowest BCUT2D eigenvalue weighted by atomic mass is 10.2. The van der Waals surface area contributed by atoms with Crippen molar-refractivity contribution in [3.05, 3.63) is 53.8 Å². The van der Waals surface area contributed by atoms with E-state index >= 15 is 0 Å². The molecule has 1 aromatic heterocycles. The maximum atomic E-state index is 14.0. The third kappa shape index (κ3) is 2.17. The van der Waals surface area contributed by atoms with Gasteiger partial charge in [-0.3, -0.25) is 0 Å². The van der Waals surface area contributed by atoms with Crippen molar-refractivity contribution >= 4 is 11.0 Å². The third-order valence-corrected chi connectivity index (χ3v) is 3.28. The SMILES string of the molecule is NCCn1c(-c2ccc(F)c(F)c2F)nc2ccccc21. The zero-order valence-electron chi connectivity index (χ0n) is 11.0. The molecule has 108 valence electrons. The number of nitrogens with two attached hydrogens (primary N) is 1. The summed E-state index contributed by atoms with van der Waals surface area (Å²) in [4.78, 5) is 4.31. The molecule has 0 aliphatic carbocycles. The average Bonchev–Trinajstić information content (AvgIpc) is 2.84. The molecule has 0 bridgehead atoms. The summed E-state index contributed by atoms with van der Waals surface area (Å²) >= 11 is 0. The van der Waals surface area contributed by atoms with Gasteiger partial charge in [0.2, 0.25) is 0 Å². The largest absolute Gasteiger partial charge is 0.329 e. The van der Waals surface area contributed by atoms with Crippen LogP contribution in [0.5, 0.6) is 0 Å². The number of para-hydroxylation sites is 2. The van der Waals surface area contributed by atoms with E-state index in [4.69, 9.17) is 5.73 Å². The lowest BCUT2D eigenvalue weighted by Crippen LogP contribution is -2.11. The minimum Gasteiger partial charge on any atom is -0.329 e. The summed E-state index contributed by atoms with van der Waals surface area (Å²) in [6.45, 7) is 0.715. The predicted octanol–water partition coefficient (Wildman–Crippen LogP) is 3.08. The topological polar surface area (TPSA) is 43.8 Å². The highest BCUT2D eigenvalue weighted by molar-refractivity contribution is 5.80. The molecule has 0 spiro atoms. The van der Waals surface area contributed by atoms with Gasteiger partial charge in [0.05, 0.1) is 16.6 Å². The van der Waals surface area contributed by atoms with Crippen LogP contribution in [0.25, 0.3) is 22.4 Å². The summed E-state index contributed by atoms with van der Waals surface area (Å²) in [5.74, 6) is -3.74. The van der Waals surface area contributed by atoms with E-state index < -0.39 is 17.5 Å². The second-order valence-electron chi connectivity index (χ2n) is 4.59. The second-order valence-corrected chi connectivity index (χ2v) is 4.59. The van der Waals surface area contributed by atoms with E-state index in [1.807, 2.05) is 12.1 Å². The number of nitrogens with zero attached hydrogens (tertiary/aromatic N) is 2. The normalized spacial score (nSPS) is 11.2. The standard InChI is InChI=1S/C15H12F3N3/c16-10-6-5-9(13(17)14(10)18)15-20-11-3-1-2-4-12(11)21(15)8-7-19/h1-6H,7-8,19H2. The van der Waals surface area contributed by atoms with Crippen molar-refractivity contribution in [2.24, 2.45) is 5.73 Å². The van der Waals surface area contributed by atoms with Crippen LogP contribution in [0, 0.1) is 17.5 Å². The van der Waals surface area contributed by atoms with E-state index in [1.54, 1.807) is 16.7 Å². The Morgan fingerprint density at radius 2 is 1.76 bits per heavy atom. The Balaban J connectivity index is 2.29. The van der Waals surface area contributed by atoms with Crippen molar-refractivity contribution in [2.75, 3.05) is 6.54 Å². The van der Waals surface area contributed by atoms with Gasteiger partial charge in [0.1, 0.15) is 5.82 Å². The number of benzene rings is 2. The lowest BCUT2D eigenvalue weighted by molar-refractivity contribution is 0.448. The van der Waals surface area contributed by atoms with Crippen molar-refractivity contribution < 1.29 is 13.2 Å². The van der Waals surface area contributed by atoms with Crippen molar-refractivity contribution in [1.82, 2.24) is 9.55 Å². The molecule has 6 heteroatoms. The minimum absolute atomic E-state index is 0.0847. The van der Waals surface area contributed by atoms with E-state index in [0.29, 0.717) is 18.6 Å². The van der Waals surface area contributed by atoms with E-state index in [-0.39, 0.29) is 11.4 Å². The van der Waals surface area contributed by atoms with Gasteiger partial charge in [-0.25, -0.2) is 18.2 Å². The summed E-state index contributed by atoms with van der Waals surface area (Å²) < 4.78 is 42.2. The summed E-state index contributed by atoms with van der Waals surface area (Å²) in [5.41, 5.74) is 6.90. The Morgan fingerprint density at radius 1 is 1.00 bits per heavy atom. The first-order valence-electron chi connectivity index (χ1n) is 6.42. The number of halogens is 3. The van der Waals surface area contributed by atoms with Gasteiger partial charge >= 0.3 is 0 Å². The third-order valence-electron chi connectivity index (χ3n) is 3.28. The fraction of sp³-hybridized carbons (Fsp3) is 0.133. The van der Waals surface area contributed by atoms with Crippen LogP contribution in [0.2, 0.25) is 0 Å². The van der Waals surface area contributed by atoms with Crippen LogP contribution in [0.3, 0.4) is 0 Å². The number of imidazole rings is 1. The molecule has 0 fully saturated rings. The molecule has 0 saturated carbocycles. The molecule has 0 unspecified atom stereocenters. The highest BCUT2D eigenvalue weighted by Crippen LogP contribution is 2.28. The highest BCUT2D eigenvalue weighted by Gasteiger charge is 2.20. The Kier molecular flexibility index (Phi) is 3.39. The summed E-state index contributed by atoms with van der Waals surface area (Å²) in [6, 6.07) is 9.28. The van der Waals surface area contributed by atoms with E-state index in [0.717, 1.165) is 11.6 Å². The molecule has 2 aromatic carbocycles. The fourth-order valence-corrected chi connectivity index (χ4v) is 2.34. The van der Waals surface area contributed by atoms with Gasteiger partial charge in [0.25, 0.3) is 0 Å². The van der Waals surface area contributed by atoms with Crippen molar-refractivity contribution in [3.8, 4) is 11.4 Å². The summed E-state index contributed by atoms with van der Waals surface area (Å²) in [6.07, 6.45) is 0. The molecule has 0 atom stereocenters. The number of hydrogen-bond acceptors (Lipinski definition) is 2. The molecule has 0 aliphatic heterocycles. The molecular weight excluding hydrogens is 279 g/mol. The number of rotatable bonds is 3. The Hall–Kier alpha value is -2.34. The average molecular weight is 291 g/mol. The maximum Gasteiger partial charge on any atom is 0.195 e. The Labute approximate surface area is 118 Å². The molecule has 3 rings (SSSR count). The summed E-state index contributed by atoms with van der Waals surface area (Å²) in [7, 11) is 0. The van der Waals surface area contributed by atoms with Crippen LogP contribution in [0.15, 0.2) is 36.4 Å². The quantitative estimate of drug-likeness (QED) is 0.754. The van der Waals surface area contributed by atoms with Crippen LogP contribution in [-0.2, 0) is 6.54 Å². The highest BCUT2D eigenvalue weighted by atomic mass is 19.2. The summed E-state index contributed by atoms with van der Waals surface area (Å²) in [5, 5.41) is 0. The molecule has 3 nitrogen and oxygen atoms in total. The number of hydrogen-bond donors (Lipinski definition) is 1. The number of aromatic nitrogens is 2. The predicted molar refractivity (Wildman–Crippen MR) is 74.1 cm³/mol. The molecular formula is C15H12F3N3. The molecule has 0 saturated heterocycles. The van der Waals surface area contributed by atoms with Gasteiger partial charge in [0.15, 0.2) is 17.5 Å². The van der Waals surface area contributed by atoms with Crippen LogP contribution < -0.4 is 5.73 Å². The maximum absolute atomic E-state index is 14.0. The van der Waals surface area contributed by atoms with Crippen LogP contribution in [-0.4, -0.2) is 16.1 Å². The van der Waals surface area contributed by atoms with E-state index in [1.165, 1.54) is 6.07 Å². The van der Waals surface area contributed by atoms with Gasteiger partial charge in [-0.15, -0.1) is 0 Å². The second kappa shape index (κ2) is 5.21. The minimum atomic E-state index is -1.50. The zero-order valence-corrected chi connectivity index (χ0v) is 11.0. The van der Waals surface area contributed by atoms with Gasteiger partial charge < -0.3 is 10.3 Å². The van der Waals surface area contributed by atoms with E-state index in [9.17, 15) is 13.2 Å². The fourth-order valence-electron chi connectivity index (χ4n) is 2.34. The molecule has 3 aromatic rings. The monoisotopic (exact) mass is 291 g/mol. The number of fused-ring (bicyclic) bond motifs is 1. The molecule has 21 heavy (non-hydrogen) atoms. The molecule has 2 N–H and O–H groups in total. The zero-order chi connectivity index (χ0) is 15.0. The first-order valence-corrected chi connectivity index (χ1v) is 6.42. The Bertz CT molecular complexity index is 811. The first kappa shape index (κ1) is 13.6.